The first kappa shape index (κ1) is 22.5. The summed E-state index contributed by atoms with van der Waals surface area (Å²) in [5, 5.41) is 0. The number of halogens is 2. The minimum Gasteiger partial charge on any atom is -0.493 e. The molecule has 4 atom stereocenters. The lowest BCUT2D eigenvalue weighted by Gasteiger charge is -2.41. The van der Waals surface area contributed by atoms with Gasteiger partial charge in [-0.1, -0.05) is 19.8 Å². The Kier molecular flexibility index (Phi) is 8.31. The van der Waals surface area contributed by atoms with Crippen LogP contribution in [0.2, 0.25) is 0 Å². The SMILES string of the molecule is CCCCCN1CC[C@H](C2CCC(F)C2)[C@@H](COc2ccc3c(c2)OCO3)C1.Cl. The van der Waals surface area contributed by atoms with Crippen LogP contribution in [0.15, 0.2) is 18.2 Å². The topological polar surface area (TPSA) is 30.9 Å². The zero-order valence-corrected chi connectivity index (χ0v) is 18.3. The predicted molar refractivity (Wildman–Crippen MR) is 115 cm³/mol. The highest BCUT2D eigenvalue weighted by molar-refractivity contribution is 5.85. The Bertz CT molecular complexity index is 647. The van der Waals surface area contributed by atoms with Crippen LogP contribution in [0.4, 0.5) is 4.39 Å². The lowest BCUT2D eigenvalue weighted by Crippen LogP contribution is -2.45. The van der Waals surface area contributed by atoms with Gasteiger partial charge in [0.25, 0.3) is 0 Å². The van der Waals surface area contributed by atoms with Crippen molar-refractivity contribution < 1.29 is 18.6 Å². The summed E-state index contributed by atoms with van der Waals surface area (Å²) in [5.41, 5.74) is 0. The van der Waals surface area contributed by atoms with Crippen LogP contribution in [0.3, 0.4) is 0 Å². The Morgan fingerprint density at radius 1 is 1.14 bits per heavy atom. The fourth-order valence-electron chi connectivity index (χ4n) is 5.23. The van der Waals surface area contributed by atoms with E-state index in [1.807, 2.05) is 18.2 Å². The average Bonchev–Trinajstić information content (AvgIpc) is 3.35. The van der Waals surface area contributed by atoms with Crippen LogP contribution in [-0.4, -0.2) is 44.1 Å². The molecule has 1 saturated heterocycles. The zero-order valence-electron chi connectivity index (χ0n) is 17.5. The van der Waals surface area contributed by atoms with Crippen LogP contribution in [0.1, 0.15) is 51.9 Å². The number of alkyl halides is 1. The number of hydrogen-bond acceptors (Lipinski definition) is 4. The molecule has 1 saturated carbocycles. The second-order valence-electron chi connectivity index (χ2n) is 8.72. The number of nitrogens with zero attached hydrogens (tertiary/aromatic N) is 1. The summed E-state index contributed by atoms with van der Waals surface area (Å²) in [6.07, 6.45) is 6.95. The van der Waals surface area contributed by atoms with E-state index in [1.165, 1.54) is 32.2 Å². The number of unbranched alkanes of at least 4 members (excludes halogenated alkanes) is 2. The van der Waals surface area contributed by atoms with E-state index >= 15 is 0 Å². The monoisotopic (exact) mass is 427 g/mol. The van der Waals surface area contributed by atoms with Gasteiger partial charge in [-0.2, -0.15) is 0 Å². The molecule has 2 heterocycles. The maximum Gasteiger partial charge on any atom is 0.231 e. The minimum absolute atomic E-state index is 0. The Morgan fingerprint density at radius 3 is 2.79 bits per heavy atom. The highest BCUT2D eigenvalue weighted by atomic mass is 35.5. The summed E-state index contributed by atoms with van der Waals surface area (Å²) in [4.78, 5) is 2.60. The standard InChI is InChI=1S/C23H34FNO3.ClH/c1-2-3-4-10-25-11-9-21(17-5-6-19(24)12-17)18(14-25)15-26-20-7-8-22-23(13-20)28-16-27-22;/h7-8,13,17-19,21H,2-6,9-12,14-16H2,1H3;1H/t17?,18-,19?,21-;/m1./s1. The predicted octanol–water partition coefficient (Wildman–Crippen LogP) is 5.48. The van der Waals surface area contributed by atoms with Gasteiger partial charge in [-0.05, 0) is 69.2 Å². The van der Waals surface area contributed by atoms with E-state index in [-0.39, 0.29) is 19.2 Å². The van der Waals surface area contributed by atoms with Crippen molar-refractivity contribution >= 4 is 12.4 Å². The molecule has 0 bridgehead atoms. The molecule has 6 heteroatoms. The van der Waals surface area contributed by atoms with Gasteiger partial charge in [0.2, 0.25) is 6.79 Å². The highest BCUT2D eigenvalue weighted by Gasteiger charge is 2.38. The molecule has 0 aromatic heterocycles. The maximum absolute atomic E-state index is 13.8. The van der Waals surface area contributed by atoms with Gasteiger partial charge in [0.05, 0.1) is 6.61 Å². The lowest BCUT2D eigenvalue weighted by atomic mass is 9.76. The molecular formula is C23H35ClFNO3. The molecule has 3 aliphatic rings. The van der Waals surface area contributed by atoms with Crippen molar-refractivity contribution in [3.8, 4) is 17.2 Å². The van der Waals surface area contributed by atoms with Gasteiger partial charge in [-0.15, -0.1) is 12.4 Å². The van der Waals surface area contributed by atoms with Crippen molar-refractivity contribution in [1.29, 1.82) is 0 Å². The van der Waals surface area contributed by atoms with Gasteiger partial charge in [0, 0.05) is 18.5 Å². The first-order valence-corrected chi connectivity index (χ1v) is 11.1. The second kappa shape index (κ2) is 10.7. The average molecular weight is 428 g/mol. The molecule has 4 rings (SSSR count). The third kappa shape index (κ3) is 5.69. The second-order valence-corrected chi connectivity index (χ2v) is 8.72. The van der Waals surface area contributed by atoms with Crippen LogP contribution in [-0.2, 0) is 0 Å². The zero-order chi connectivity index (χ0) is 19.3. The third-order valence-electron chi connectivity index (χ3n) is 6.78. The van der Waals surface area contributed by atoms with Crippen molar-refractivity contribution in [3.05, 3.63) is 18.2 Å². The Labute approximate surface area is 180 Å². The number of rotatable bonds is 8. The van der Waals surface area contributed by atoms with Crippen molar-refractivity contribution in [2.45, 2.75) is 58.0 Å². The molecule has 0 amide bonds. The van der Waals surface area contributed by atoms with Gasteiger partial charge in [-0.25, -0.2) is 4.39 Å². The molecule has 1 aromatic rings. The summed E-state index contributed by atoms with van der Waals surface area (Å²) < 4.78 is 30.9. The molecule has 0 radical (unpaired) electrons. The molecule has 1 aromatic carbocycles. The molecule has 164 valence electrons. The normalized spacial score (nSPS) is 28.9. The number of fused-ring (bicyclic) bond motifs is 1. The van der Waals surface area contributed by atoms with Gasteiger partial charge >= 0.3 is 0 Å². The van der Waals surface area contributed by atoms with E-state index in [1.54, 1.807) is 0 Å². The van der Waals surface area contributed by atoms with E-state index in [4.69, 9.17) is 14.2 Å². The van der Waals surface area contributed by atoms with Crippen molar-refractivity contribution in [1.82, 2.24) is 4.90 Å². The molecular weight excluding hydrogens is 393 g/mol. The first-order valence-electron chi connectivity index (χ1n) is 11.1. The van der Waals surface area contributed by atoms with E-state index in [0.29, 0.717) is 24.4 Å². The van der Waals surface area contributed by atoms with Gasteiger partial charge in [-0.3, -0.25) is 0 Å². The molecule has 2 aliphatic heterocycles. The van der Waals surface area contributed by atoms with Crippen LogP contribution in [0, 0.1) is 17.8 Å². The number of piperidine rings is 1. The molecule has 0 spiro atoms. The van der Waals surface area contributed by atoms with E-state index < -0.39 is 6.17 Å². The van der Waals surface area contributed by atoms with Crippen molar-refractivity contribution in [2.75, 3.05) is 33.0 Å². The largest absolute Gasteiger partial charge is 0.493 e. The molecule has 4 nitrogen and oxygen atoms in total. The molecule has 1 aliphatic carbocycles. The van der Waals surface area contributed by atoms with Gasteiger partial charge in [0.1, 0.15) is 11.9 Å². The van der Waals surface area contributed by atoms with Crippen LogP contribution in [0.25, 0.3) is 0 Å². The molecule has 2 fully saturated rings. The number of ether oxygens (including phenoxy) is 3. The summed E-state index contributed by atoms with van der Waals surface area (Å²) in [7, 11) is 0. The summed E-state index contributed by atoms with van der Waals surface area (Å²) in [6.45, 7) is 6.64. The summed E-state index contributed by atoms with van der Waals surface area (Å²) in [5.74, 6) is 3.95. The Morgan fingerprint density at radius 2 is 2.00 bits per heavy atom. The van der Waals surface area contributed by atoms with Gasteiger partial charge < -0.3 is 19.1 Å². The molecule has 29 heavy (non-hydrogen) atoms. The van der Waals surface area contributed by atoms with E-state index in [2.05, 4.69) is 11.8 Å². The highest BCUT2D eigenvalue weighted by Crippen LogP contribution is 2.41. The minimum atomic E-state index is -0.594. The first-order chi connectivity index (χ1) is 13.7. The third-order valence-corrected chi connectivity index (χ3v) is 6.78. The summed E-state index contributed by atoms with van der Waals surface area (Å²) in [6, 6.07) is 5.79. The van der Waals surface area contributed by atoms with E-state index in [0.717, 1.165) is 49.6 Å². The summed E-state index contributed by atoms with van der Waals surface area (Å²) >= 11 is 0. The molecule has 2 unspecified atom stereocenters. The van der Waals surface area contributed by atoms with Gasteiger partial charge in [0.15, 0.2) is 11.5 Å². The smallest absolute Gasteiger partial charge is 0.231 e. The van der Waals surface area contributed by atoms with E-state index in [9.17, 15) is 4.39 Å². The fourth-order valence-corrected chi connectivity index (χ4v) is 5.23. The molecule has 0 N–H and O–H groups in total. The Balaban J connectivity index is 0.00000240. The number of benzene rings is 1. The van der Waals surface area contributed by atoms with Crippen LogP contribution >= 0.6 is 12.4 Å². The number of likely N-dealkylation sites (tertiary alicyclic amines) is 1. The van der Waals surface area contributed by atoms with Crippen molar-refractivity contribution in [2.24, 2.45) is 17.8 Å². The fraction of sp³-hybridized carbons (Fsp3) is 0.739. The number of hydrogen-bond donors (Lipinski definition) is 0. The maximum atomic E-state index is 13.8. The van der Waals surface area contributed by atoms with Crippen LogP contribution in [0.5, 0.6) is 17.2 Å². The lowest BCUT2D eigenvalue weighted by molar-refractivity contribution is 0.0489. The Hall–Kier alpha value is -1.20. The van der Waals surface area contributed by atoms with Crippen molar-refractivity contribution in [3.63, 3.8) is 0 Å². The quantitative estimate of drug-likeness (QED) is 0.514. The van der Waals surface area contributed by atoms with Crippen LogP contribution < -0.4 is 14.2 Å².